The van der Waals surface area contributed by atoms with Gasteiger partial charge >= 0.3 is 0 Å². The van der Waals surface area contributed by atoms with Gasteiger partial charge in [-0.15, -0.1) is 0 Å². The summed E-state index contributed by atoms with van der Waals surface area (Å²) >= 11 is 0. The molecule has 0 bridgehead atoms. The van der Waals surface area contributed by atoms with Crippen LogP contribution in [0.2, 0.25) is 0 Å². The van der Waals surface area contributed by atoms with E-state index in [1.54, 1.807) is 22.3 Å². The van der Waals surface area contributed by atoms with E-state index < -0.39 is 0 Å². The minimum Gasteiger partial charge on any atom is -0.0447 e. The predicted molar refractivity (Wildman–Crippen MR) is 205 cm³/mol. The fraction of sp³-hybridized carbons (Fsp3) is 0.478. The van der Waals surface area contributed by atoms with E-state index in [-0.39, 0.29) is 0 Å². The van der Waals surface area contributed by atoms with Crippen molar-refractivity contribution in [2.24, 2.45) is 0 Å². The first kappa shape index (κ1) is 35.7. The van der Waals surface area contributed by atoms with Gasteiger partial charge in [-0.3, -0.25) is 0 Å². The van der Waals surface area contributed by atoms with Crippen molar-refractivity contribution in [3.63, 3.8) is 0 Å². The van der Waals surface area contributed by atoms with Crippen LogP contribution >= 0.6 is 0 Å². The quantitative estimate of drug-likeness (QED) is 0.194. The Bertz CT molecular complexity index is 1630. The smallest absolute Gasteiger partial charge is 0.0114 e. The lowest BCUT2D eigenvalue weighted by atomic mass is 9.78. The van der Waals surface area contributed by atoms with Crippen LogP contribution in [-0.4, -0.2) is 0 Å². The topological polar surface area (TPSA) is 0 Å². The molecule has 0 aliphatic heterocycles. The van der Waals surface area contributed by atoms with E-state index in [1.807, 2.05) is 0 Å². The van der Waals surface area contributed by atoms with Crippen molar-refractivity contribution in [2.45, 2.75) is 150 Å². The molecule has 0 radical (unpaired) electrons. The normalized spacial score (nSPS) is 11.6. The maximum Gasteiger partial charge on any atom is -0.0114 e. The van der Waals surface area contributed by atoms with Gasteiger partial charge in [-0.1, -0.05) is 0 Å². The Morgan fingerprint density at radius 2 is 0.304 bits per heavy atom. The second kappa shape index (κ2) is 13.2. The van der Waals surface area contributed by atoms with Crippen LogP contribution in [0.4, 0.5) is 0 Å². The second-order valence-electron chi connectivity index (χ2n) is 14.9. The summed E-state index contributed by atoms with van der Waals surface area (Å²) in [5.74, 6) is 0. The molecule has 4 rings (SSSR count). The van der Waals surface area contributed by atoms with Crippen LogP contribution in [0.3, 0.4) is 0 Å². The van der Waals surface area contributed by atoms with Crippen LogP contribution in [0.25, 0.3) is 11.1 Å². The summed E-state index contributed by atoms with van der Waals surface area (Å²) in [7, 11) is 0. The highest BCUT2D eigenvalue weighted by Gasteiger charge is 2.23. The van der Waals surface area contributed by atoms with Crippen LogP contribution in [-0.2, 0) is 25.7 Å². The van der Waals surface area contributed by atoms with Crippen molar-refractivity contribution >= 4 is 0 Å². The number of hydrogen-bond acceptors (Lipinski definition) is 0. The van der Waals surface area contributed by atoms with Gasteiger partial charge in [0.2, 0.25) is 0 Å². The molecule has 0 heteroatoms. The van der Waals surface area contributed by atoms with Crippen LogP contribution in [0.1, 0.15) is 122 Å². The van der Waals surface area contributed by atoms with Crippen LogP contribution < -0.4 is 0 Å². The number of rotatable bonds is 7. The molecule has 0 fully saturated rings. The van der Waals surface area contributed by atoms with Gasteiger partial charge in [0, 0.05) is 0 Å². The van der Waals surface area contributed by atoms with Gasteiger partial charge in [-0.05, 0) is 284 Å². The van der Waals surface area contributed by atoms with Gasteiger partial charge in [0.1, 0.15) is 0 Å². The minimum atomic E-state index is 1.09. The molecule has 0 aliphatic carbocycles. The Morgan fingerprint density at radius 3 is 0.478 bits per heavy atom. The Morgan fingerprint density at radius 1 is 0.174 bits per heavy atom. The number of benzene rings is 4. The van der Waals surface area contributed by atoms with Crippen LogP contribution in [0, 0.1) is 125 Å². The summed E-state index contributed by atoms with van der Waals surface area (Å²) in [5.41, 5.74) is 35.5. The molecule has 0 unspecified atom stereocenters. The molecule has 0 nitrogen and oxygen atoms in total. The van der Waals surface area contributed by atoms with E-state index in [4.69, 9.17) is 0 Å². The Hall–Kier alpha value is -3.12. The Balaban J connectivity index is 1.77. The van der Waals surface area contributed by atoms with Gasteiger partial charge in [-0.2, -0.15) is 0 Å². The molecule has 46 heavy (non-hydrogen) atoms. The molecule has 4 aromatic carbocycles. The molecule has 4 aromatic rings. The maximum atomic E-state index is 2.38. The third-order valence-corrected chi connectivity index (χ3v) is 13.4. The average Bonchev–Trinajstić information content (AvgIpc) is 3.03. The molecule has 246 valence electrons. The third kappa shape index (κ3) is 5.69. The van der Waals surface area contributed by atoms with Crippen LogP contribution in [0.5, 0.6) is 0 Å². The molecule has 0 amide bonds. The standard InChI is InChI=1S/C46H62/c1-23-25(3)29(7)41(30(8)26(23)4)19-21-43-33(11)37(15)45(38(16)34(43)12)46-39(17)35(13)44(36(14)40(46)18)22-20-42-31(9)27(5)24(2)28(6)32(42)10/h19-22H2,1-18H3. The predicted octanol–water partition coefficient (Wildman–Crippen LogP) is 12.5. The van der Waals surface area contributed by atoms with E-state index >= 15 is 0 Å². The summed E-state index contributed by atoms with van der Waals surface area (Å²) in [6.45, 7) is 42.1. The SMILES string of the molecule is Cc1c(C)c(C)c(CCc2c(C)c(C)c(-c3c(C)c(C)c(CCc4c(C)c(C)c(C)c(C)c4C)c(C)c3C)c(C)c2C)c(C)c1C. The van der Waals surface area contributed by atoms with E-state index in [1.165, 1.54) is 111 Å². The largest absolute Gasteiger partial charge is 0.0447 e. The highest BCUT2D eigenvalue weighted by molar-refractivity contribution is 5.81. The first-order valence-corrected chi connectivity index (χ1v) is 17.7. The summed E-state index contributed by atoms with van der Waals surface area (Å²) < 4.78 is 0. The fourth-order valence-electron chi connectivity index (χ4n) is 8.69. The minimum absolute atomic E-state index is 1.09. The zero-order chi connectivity index (χ0) is 34.7. The van der Waals surface area contributed by atoms with Gasteiger partial charge in [0.05, 0.1) is 0 Å². The summed E-state index contributed by atoms with van der Waals surface area (Å²) in [4.78, 5) is 0. The first-order valence-electron chi connectivity index (χ1n) is 17.7. The van der Waals surface area contributed by atoms with E-state index in [9.17, 15) is 0 Å². The van der Waals surface area contributed by atoms with Gasteiger partial charge in [0.15, 0.2) is 0 Å². The highest BCUT2D eigenvalue weighted by Crippen LogP contribution is 2.42. The third-order valence-electron chi connectivity index (χ3n) is 13.4. The van der Waals surface area contributed by atoms with E-state index in [2.05, 4.69) is 125 Å². The second-order valence-corrected chi connectivity index (χ2v) is 14.9. The molecule has 0 aromatic heterocycles. The van der Waals surface area contributed by atoms with Crippen LogP contribution in [0.15, 0.2) is 0 Å². The summed E-state index contributed by atoms with van der Waals surface area (Å²) in [6, 6.07) is 0. The lowest BCUT2D eigenvalue weighted by Crippen LogP contribution is -2.10. The molecule has 0 aliphatic rings. The molecular weight excluding hydrogens is 553 g/mol. The van der Waals surface area contributed by atoms with Crippen molar-refractivity contribution < 1.29 is 0 Å². The van der Waals surface area contributed by atoms with Crippen molar-refractivity contribution in [2.75, 3.05) is 0 Å². The lowest BCUT2D eigenvalue weighted by molar-refractivity contribution is 0.900. The maximum absolute atomic E-state index is 2.38. The molecular formula is C46H62. The first-order chi connectivity index (χ1) is 21.4. The Labute approximate surface area is 283 Å². The van der Waals surface area contributed by atoms with Crippen molar-refractivity contribution in [1.29, 1.82) is 0 Å². The summed E-state index contributed by atoms with van der Waals surface area (Å²) in [5, 5.41) is 0. The van der Waals surface area contributed by atoms with Gasteiger partial charge in [0.25, 0.3) is 0 Å². The van der Waals surface area contributed by atoms with Gasteiger partial charge in [-0.25, -0.2) is 0 Å². The van der Waals surface area contributed by atoms with E-state index in [0.717, 1.165) is 25.7 Å². The summed E-state index contributed by atoms with van der Waals surface area (Å²) in [6.07, 6.45) is 4.39. The molecule has 0 spiro atoms. The van der Waals surface area contributed by atoms with E-state index in [0.29, 0.717) is 0 Å². The fourth-order valence-corrected chi connectivity index (χ4v) is 8.69. The highest BCUT2D eigenvalue weighted by atomic mass is 14.3. The van der Waals surface area contributed by atoms with Crippen molar-refractivity contribution in [1.82, 2.24) is 0 Å². The average molecular weight is 615 g/mol. The van der Waals surface area contributed by atoms with Crippen molar-refractivity contribution in [3.8, 4) is 11.1 Å². The lowest BCUT2D eigenvalue weighted by Gasteiger charge is -2.27. The molecule has 0 saturated carbocycles. The monoisotopic (exact) mass is 614 g/mol. The number of hydrogen-bond donors (Lipinski definition) is 0. The van der Waals surface area contributed by atoms with Gasteiger partial charge < -0.3 is 0 Å². The zero-order valence-corrected chi connectivity index (χ0v) is 32.8. The molecule has 0 N–H and O–H groups in total. The molecule has 0 atom stereocenters. The zero-order valence-electron chi connectivity index (χ0n) is 32.8. The Kier molecular flexibility index (Phi) is 10.2. The molecule has 0 heterocycles. The molecule has 0 saturated heterocycles. The van der Waals surface area contributed by atoms with Crippen molar-refractivity contribution in [3.05, 3.63) is 122 Å².